The third kappa shape index (κ3) is 5.27. The van der Waals surface area contributed by atoms with E-state index in [-0.39, 0.29) is 2.85 Å². The summed E-state index contributed by atoms with van der Waals surface area (Å²) in [5.41, 5.74) is 0.566. The summed E-state index contributed by atoms with van der Waals surface area (Å²) in [5.74, 6) is 0.198. The van der Waals surface area contributed by atoms with Crippen LogP contribution in [0.15, 0.2) is 12.1 Å². The zero-order chi connectivity index (χ0) is 18.5. The van der Waals surface area contributed by atoms with Gasteiger partial charge in [-0.2, -0.15) is 0 Å². The highest BCUT2D eigenvalue weighted by atomic mass is 19.2. The molecular weight excluding hydrogens is 333 g/mol. The fourth-order valence-corrected chi connectivity index (χ4v) is 5.22. The fraction of sp³-hybridized carbons (Fsp3) is 0.739. The molecule has 150 valence electrons. The molecule has 0 nitrogen and oxygen atoms in total. The van der Waals surface area contributed by atoms with Gasteiger partial charge in [0, 0.05) is 2.85 Å². The van der Waals surface area contributed by atoms with Gasteiger partial charge < -0.3 is 0 Å². The van der Waals surface area contributed by atoms with E-state index in [9.17, 15) is 13.2 Å². The van der Waals surface area contributed by atoms with E-state index in [0.29, 0.717) is 12.0 Å². The van der Waals surface area contributed by atoms with Crippen molar-refractivity contribution in [2.24, 2.45) is 23.7 Å². The third-order valence-electron chi connectivity index (χ3n) is 6.99. The van der Waals surface area contributed by atoms with Gasteiger partial charge in [-0.1, -0.05) is 45.4 Å². The summed E-state index contributed by atoms with van der Waals surface area (Å²) in [5, 5.41) is 0. The van der Waals surface area contributed by atoms with Crippen LogP contribution < -0.4 is 0 Å². The van der Waals surface area contributed by atoms with Crippen molar-refractivity contribution >= 4 is 0 Å². The van der Waals surface area contributed by atoms with Crippen molar-refractivity contribution in [3.8, 4) is 0 Å². The molecule has 2 fully saturated rings. The molecule has 0 aromatic heterocycles. The maximum absolute atomic E-state index is 13.2. The maximum atomic E-state index is 13.2. The first-order valence-electron chi connectivity index (χ1n) is 10.7. The fourth-order valence-electron chi connectivity index (χ4n) is 5.22. The topological polar surface area (TPSA) is 0 Å². The van der Waals surface area contributed by atoms with Crippen LogP contribution in [-0.4, -0.2) is 0 Å². The van der Waals surface area contributed by atoms with Gasteiger partial charge in [-0.3, -0.25) is 0 Å². The van der Waals surface area contributed by atoms with Gasteiger partial charge >= 0.3 is 0 Å². The Labute approximate surface area is 159 Å². The van der Waals surface area contributed by atoms with Gasteiger partial charge in [-0.15, -0.1) is 0 Å². The van der Waals surface area contributed by atoms with E-state index in [1.807, 2.05) is 0 Å². The standard InChI is InChI=1S/C23H33F3.2H2/c1-16-6-10-19(11-7-16)20-12-8-17(9-13-20)4-2-3-5-18-14-21(24)23(26)22(25)15-18;;/h14-17,19-20H,2-13H2,1H3;2*1H. The monoisotopic (exact) mass is 370 g/mol. The molecule has 0 N–H and O–H groups in total. The van der Waals surface area contributed by atoms with E-state index in [1.165, 1.54) is 57.8 Å². The largest absolute Gasteiger partial charge is 0.204 e. The number of hydrogen-bond donors (Lipinski definition) is 0. The average Bonchev–Trinajstić information content (AvgIpc) is 2.64. The summed E-state index contributed by atoms with van der Waals surface area (Å²) in [4.78, 5) is 0. The van der Waals surface area contributed by atoms with Crippen molar-refractivity contribution < 1.29 is 16.0 Å². The smallest absolute Gasteiger partial charge is 0.194 e. The van der Waals surface area contributed by atoms with Gasteiger partial charge in [-0.25, -0.2) is 13.2 Å². The highest BCUT2D eigenvalue weighted by Gasteiger charge is 2.29. The van der Waals surface area contributed by atoms with Gasteiger partial charge in [-0.05, 0) is 79.9 Å². The predicted molar refractivity (Wildman–Crippen MR) is 105 cm³/mol. The number of halogens is 3. The lowest BCUT2D eigenvalue weighted by Gasteiger charge is -2.37. The van der Waals surface area contributed by atoms with Crippen LogP contribution in [0.5, 0.6) is 0 Å². The minimum Gasteiger partial charge on any atom is -0.204 e. The van der Waals surface area contributed by atoms with Crippen LogP contribution in [0, 0.1) is 41.1 Å². The summed E-state index contributed by atoms with van der Waals surface area (Å²) in [7, 11) is 0. The zero-order valence-electron chi connectivity index (χ0n) is 16.1. The Hall–Kier alpha value is -0.990. The van der Waals surface area contributed by atoms with Crippen LogP contribution in [0.4, 0.5) is 13.2 Å². The molecule has 1 aromatic carbocycles. The normalized spacial score (nSPS) is 29.7. The van der Waals surface area contributed by atoms with Crippen molar-refractivity contribution in [3.05, 3.63) is 35.1 Å². The molecule has 2 saturated carbocycles. The van der Waals surface area contributed by atoms with Crippen molar-refractivity contribution in [2.75, 3.05) is 0 Å². The Bertz CT molecular complexity index is 554. The number of unbranched alkanes of at least 4 members (excludes halogenated alkanes) is 1. The van der Waals surface area contributed by atoms with E-state index >= 15 is 0 Å². The minimum absolute atomic E-state index is 0. The van der Waals surface area contributed by atoms with Crippen LogP contribution in [0.1, 0.15) is 86.0 Å². The molecule has 0 heterocycles. The predicted octanol–water partition coefficient (Wildman–Crippen LogP) is 7.94. The second-order valence-electron chi connectivity index (χ2n) is 8.92. The molecule has 0 atom stereocenters. The van der Waals surface area contributed by atoms with E-state index in [2.05, 4.69) is 6.92 Å². The van der Waals surface area contributed by atoms with Crippen molar-refractivity contribution in [1.29, 1.82) is 0 Å². The molecule has 0 radical (unpaired) electrons. The Morgan fingerprint density at radius 3 is 1.92 bits per heavy atom. The lowest BCUT2D eigenvalue weighted by Crippen LogP contribution is -2.25. The Morgan fingerprint density at radius 1 is 0.808 bits per heavy atom. The molecule has 0 saturated heterocycles. The van der Waals surface area contributed by atoms with Crippen LogP contribution in [0.3, 0.4) is 0 Å². The Morgan fingerprint density at radius 2 is 1.35 bits per heavy atom. The third-order valence-corrected chi connectivity index (χ3v) is 6.99. The number of hydrogen-bond acceptors (Lipinski definition) is 0. The van der Waals surface area contributed by atoms with Crippen LogP contribution >= 0.6 is 0 Å². The Kier molecular flexibility index (Phi) is 7.05. The van der Waals surface area contributed by atoms with Gasteiger partial charge in [0.25, 0.3) is 0 Å². The maximum Gasteiger partial charge on any atom is 0.194 e. The minimum atomic E-state index is -1.36. The molecule has 26 heavy (non-hydrogen) atoms. The first kappa shape index (κ1) is 19.8. The second-order valence-corrected chi connectivity index (χ2v) is 8.92. The molecule has 2 aliphatic rings. The van der Waals surface area contributed by atoms with E-state index in [4.69, 9.17) is 0 Å². The molecule has 3 heteroatoms. The molecule has 3 rings (SSSR count). The summed E-state index contributed by atoms with van der Waals surface area (Å²) < 4.78 is 39.5. The summed E-state index contributed by atoms with van der Waals surface area (Å²) in [6.45, 7) is 2.39. The lowest BCUT2D eigenvalue weighted by atomic mass is 9.69. The van der Waals surface area contributed by atoms with E-state index in [0.717, 1.165) is 48.6 Å². The molecular formula is C23H37F3. The molecule has 2 aliphatic carbocycles. The van der Waals surface area contributed by atoms with Gasteiger partial charge in [0.15, 0.2) is 17.5 Å². The van der Waals surface area contributed by atoms with Crippen LogP contribution in [0.25, 0.3) is 0 Å². The molecule has 0 unspecified atom stereocenters. The summed E-state index contributed by atoms with van der Waals surface area (Å²) >= 11 is 0. The van der Waals surface area contributed by atoms with Gasteiger partial charge in [0.05, 0.1) is 0 Å². The zero-order valence-corrected chi connectivity index (χ0v) is 16.1. The Balaban J connectivity index is 0.00000196. The summed E-state index contributed by atoms with van der Waals surface area (Å²) in [6, 6.07) is 2.27. The van der Waals surface area contributed by atoms with Crippen molar-refractivity contribution in [1.82, 2.24) is 0 Å². The lowest BCUT2D eigenvalue weighted by molar-refractivity contribution is 0.146. The van der Waals surface area contributed by atoms with Gasteiger partial charge in [0.1, 0.15) is 0 Å². The molecule has 0 amide bonds. The average molecular weight is 371 g/mol. The number of benzene rings is 1. The van der Waals surface area contributed by atoms with E-state index in [1.54, 1.807) is 0 Å². The second kappa shape index (κ2) is 9.28. The van der Waals surface area contributed by atoms with Crippen molar-refractivity contribution in [3.63, 3.8) is 0 Å². The van der Waals surface area contributed by atoms with Gasteiger partial charge in [0.2, 0.25) is 0 Å². The van der Waals surface area contributed by atoms with Crippen molar-refractivity contribution in [2.45, 2.75) is 84.0 Å². The summed E-state index contributed by atoms with van der Waals surface area (Å²) in [6.07, 6.45) is 15.1. The van der Waals surface area contributed by atoms with Crippen LogP contribution in [-0.2, 0) is 6.42 Å². The molecule has 0 aliphatic heterocycles. The highest BCUT2D eigenvalue weighted by molar-refractivity contribution is 5.19. The first-order valence-corrected chi connectivity index (χ1v) is 10.7. The SMILES string of the molecule is CC1CCC(C2CCC(CCCCc3cc(F)c(F)c(F)c3)CC2)CC1.[HH].[HH]. The molecule has 0 spiro atoms. The highest BCUT2D eigenvalue weighted by Crippen LogP contribution is 2.42. The first-order chi connectivity index (χ1) is 12.5. The number of aryl methyl sites for hydroxylation is 1. The number of rotatable bonds is 6. The molecule has 1 aromatic rings. The van der Waals surface area contributed by atoms with Crippen LogP contribution in [0.2, 0.25) is 0 Å². The molecule has 0 bridgehead atoms. The quantitative estimate of drug-likeness (QED) is 0.352. The van der Waals surface area contributed by atoms with E-state index < -0.39 is 17.5 Å².